The minimum absolute atomic E-state index is 0.163. The summed E-state index contributed by atoms with van der Waals surface area (Å²) < 4.78 is 4.22. The predicted molar refractivity (Wildman–Crippen MR) is 90.2 cm³/mol. The van der Waals surface area contributed by atoms with Crippen LogP contribution in [-0.4, -0.2) is 16.3 Å². The van der Waals surface area contributed by atoms with Gasteiger partial charge in [0.1, 0.15) is 0 Å². The van der Waals surface area contributed by atoms with Gasteiger partial charge < -0.3 is 5.32 Å². The third-order valence-electron chi connectivity index (χ3n) is 2.99. The number of rotatable bonds is 5. The van der Waals surface area contributed by atoms with E-state index in [0.29, 0.717) is 0 Å². The Kier molecular flexibility index (Phi) is 5.41. The highest BCUT2D eigenvalue weighted by Gasteiger charge is 2.20. The molecule has 0 aliphatic rings. The van der Waals surface area contributed by atoms with E-state index in [1.807, 2.05) is 17.9 Å². The lowest BCUT2D eigenvalue weighted by Gasteiger charge is -2.20. The Hall–Kier alpha value is -0.400. The third kappa shape index (κ3) is 3.58. The molecular weight excluding hydrogens is 417 g/mol. The summed E-state index contributed by atoms with van der Waals surface area (Å²) >= 11 is 5.95. The van der Waals surface area contributed by atoms with E-state index in [9.17, 15) is 0 Å². The highest BCUT2D eigenvalue weighted by atomic mass is 127. The van der Waals surface area contributed by atoms with Crippen LogP contribution in [0.3, 0.4) is 0 Å². The van der Waals surface area contributed by atoms with Gasteiger partial charge in [0.25, 0.3) is 0 Å². The molecule has 1 atom stereocenters. The number of hydrogen-bond acceptors (Lipinski definition) is 2. The van der Waals surface area contributed by atoms with E-state index in [0.717, 1.165) is 23.1 Å². The van der Waals surface area contributed by atoms with Gasteiger partial charge in [0, 0.05) is 10.6 Å². The van der Waals surface area contributed by atoms with Crippen LogP contribution >= 0.6 is 38.5 Å². The first-order valence-electron chi connectivity index (χ1n) is 6.29. The van der Waals surface area contributed by atoms with Gasteiger partial charge in [-0.05, 0) is 69.2 Å². The molecule has 1 aromatic heterocycles. The Morgan fingerprint density at radius 2 is 2.26 bits per heavy atom. The van der Waals surface area contributed by atoms with Crippen LogP contribution in [0.1, 0.15) is 30.6 Å². The summed E-state index contributed by atoms with van der Waals surface area (Å²) in [6.45, 7) is 3.16. The largest absolute Gasteiger partial charge is 0.305 e. The summed E-state index contributed by atoms with van der Waals surface area (Å²) in [6.07, 6.45) is 2.96. The van der Waals surface area contributed by atoms with Crippen LogP contribution in [0.5, 0.6) is 0 Å². The number of hydrogen-bond donors (Lipinski definition) is 1. The number of nitrogens with zero attached hydrogens (tertiary/aromatic N) is 2. The van der Waals surface area contributed by atoms with Gasteiger partial charge in [-0.2, -0.15) is 5.10 Å². The van der Waals surface area contributed by atoms with Crippen molar-refractivity contribution in [2.24, 2.45) is 7.05 Å². The molecule has 1 N–H and O–H groups in total. The molecule has 19 heavy (non-hydrogen) atoms. The standard InChI is InChI=1S/C14H17BrIN3/c1-3-7-17-13(10-5-4-6-11(16)8-10)14-12(15)9-18-19(14)2/h4-6,8-9,13,17H,3,7H2,1-2H3. The van der Waals surface area contributed by atoms with Crippen molar-refractivity contribution in [2.45, 2.75) is 19.4 Å². The molecule has 0 aliphatic carbocycles. The maximum atomic E-state index is 4.32. The second-order valence-electron chi connectivity index (χ2n) is 4.44. The summed E-state index contributed by atoms with van der Waals surface area (Å²) in [5.41, 5.74) is 2.43. The average molecular weight is 434 g/mol. The lowest BCUT2D eigenvalue weighted by molar-refractivity contribution is 0.552. The zero-order valence-corrected chi connectivity index (χ0v) is 14.8. The maximum absolute atomic E-state index is 4.32. The minimum atomic E-state index is 0.163. The molecule has 0 saturated heterocycles. The normalized spacial score (nSPS) is 12.6. The van der Waals surface area contributed by atoms with Crippen molar-refractivity contribution in [1.82, 2.24) is 15.1 Å². The van der Waals surface area contributed by atoms with Crippen LogP contribution in [0.15, 0.2) is 34.9 Å². The van der Waals surface area contributed by atoms with E-state index >= 15 is 0 Å². The molecule has 102 valence electrons. The molecule has 1 aromatic carbocycles. The molecule has 3 nitrogen and oxygen atoms in total. The highest BCUT2D eigenvalue weighted by molar-refractivity contribution is 14.1. The van der Waals surface area contributed by atoms with Gasteiger partial charge in [0.2, 0.25) is 0 Å². The van der Waals surface area contributed by atoms with Crippen molar-refractivity contribution < 1.29 is 0 Å². The molecule has 0 amide bonds. The van der Waals surface area contributed by atoms with Crippen molar-refractivity contribution >= 4 is 38.5 Å². The summed E-state index contributed by atoms with van der Waals surface area (Å²) in [7, 11) is 1.98. The Morgan fingerprint density at radius 1 is 1.47 bits per heavy atom. The van der Waals surface area contributed by atoms with Crippen molar-refractivity contribution in [3.63, 3.8) is 0 Å². The minimum Gasteiger partial charge on any atom is -0.305 e. The molecule has 2 rings (SSSR count). The number of aryl methyl sites for hydroxylation is 1. The zero-order chi connectivity index (χ0) is 13.8. The summed E-state index contributed by atoms with van der Waals surface area (Å²) in [4.78, 5) is 0. The van der Waals surface area contributed by atoms with Crippen molar-refractivity contribution in [2.75, 3.05) is 6.54 Å². The number of halogens is 2. The Labute approximate surface area is 136 Å². The van der Waals surface area contributed by atoms with Crippen LogP contribution in [-0.2, 0) is 7.05 Å². The molecule has 0 bridgehead atoms. The van der Waals surface area contributed by atoms with E-state index in [4.69, 9.17) is 0 Å². The first-order valence-corrected chi connectivity index (χ1v) is 8.17. The quantitative estimate of drug-likeness (QED) is 0.725. The second-order valence-corrected chi connectivity index (χ2v) is 6.54. The predicted octanol–water partition coefficient (Wildman–Crippen LogP) is 3.88. The highest BCUT2D eigenvalue weighted by Crippen LogP contribution is 2.28. The summed E-state index contributed by atoms with van der Waals surface area (Å²) in [5.74, 6) is 0. The van der Waals surface area contributed by atoms with Crippen molar-refractivity contribution in [3.8, 4) is 0 Å². The van der Waals surface area contributed by atoms with Gasteiger partial charge in [0.05, 0.1) is 22.4 Å². The monoisotopic (exact) mass is 433 g/mol. The molecule has 2 aromatic rings. The molecule has 1 unspecified atom stereocenters. The molecule has 1 heterocycles. The van der Waals surface area contributed by atoms with Gasteiger partial charge in [-0.25, -0.2) is 0 Å². The van der Waals surface area contributed by atoms with Crippen LogP contribution < -0.4 is 5.32 Å². The van der Waals surface area contributed by atoms with Gasteiger partial charge in [0.15, 0.2) is 0 Å². The number of benzene rings is 1. The Bertz CT molecular complexity index is 534. The second kappa shape index (κ2) is 6.85. The number of aromatic nitrogens is 2. The molecule has 0 aliphatic heterocycles. The van der Waals surface area contributed by atoms with Crippen molar-refractivity contribution in [3.05, 3.63) is 49.8 Å². The van der Waals surface area contributed by atoms with E-state index < -0.39 is 0 Å². The van der Waals surface area contributed by atoms with Gasteiger partial charge in [-0.1, -0.05) is 19.1 Å². The van der Waals surface area contributed by atoms with E-state index in [2.05, 4.69) is 80.1 Å². The van der Waals surface area contributed by atoms with Crippen LogP contribution in [0, 0.1) is 3.57 Å². The molecular formula is C14H17BrIN3. The molecule has 5 heteroatoms. The smallest absolute Gasteiger partial charge is 0.0760 e. The van der Waals surface area contributed by atoms with Gasteiger partial charge in [-0.3, -0.25) is 4.68 Å². The van der Waals surface area contributed by atoms with Gasteiger partial charge in [-0.15, -0.1) is 0 Å². The molecule has 0 fully saturated rings. The fraction of sp³-hybridized carbons (Fsp3) is 0.357. The third-order valence-corrected chi connectivity index (χ3v) is 4.27. The fourth-order valence-electron chi connectivity index (χ4n) is 2.09. The molecule has 0 radical (unpaired) electrons. The Balaban J connectivity index is 2.41. The SMILES string of the molecule is CCCNC(c1cccc(I)c1)c1c(Br)cnn1C. The summed E-state index contributed by atoms with van der Waals surface area (Å²) in [6, 6.07) is 8.75. The van der Waals surface area contributed by atoms with Crippen molar-refractivity contribution in [1.29, 1.82) is 0 Å². The fourth-order valence-corrected chi connectivity index (χ4v) is 3.24. The first-order chi connectivity index (χ1) is 9.13. The maximum Gasteiger partial charge on any atom is 0.0760 e. The van der Waals surface area contributed by atoms with Crippen LogP contribution in [0.4, 0.5) is 0 Å². The van der Waals surface area contributed by atoms with Crippen LogP contribution in [0.25, 0.3) is 0 Å². The van der Waals surface area contributed by atoms with E-state index in [1.165, 1.54) is 9.13 Å². The summed E-state index contributed by atoms with van der Waals surface area (Å²) in [5, 5.41) is 7.92. The average Bonchev–Trinajstić information content (AvgIpc) is 2.71. The van der Waals surface area contributed by atoms with E-state index in [1.54, 1.807) is 0 Å². The van der Waals surface area contributed by atoms with Crippen LogP contribution in [0.2, 0.25) is 0 Å². The Morgan fingerprint density at radius 3 is 2.84 bits per heavy atom. The molecule has 0 spiro atoms. The number of nitrogens with one attached hydrogen (secondary N) is 1. The topological polar surface area (TPSA) is 29.9 Å². The van der Waals surface area contributed by atoms with Gasteiger partial charge >= 0.3 is 0 Å². The zero-order valence-electron chi connectivity index (χ0n) is 11.0. The molecule has 0 saturated carbocycles. The van der Waals surface area contributed by atoms with E-state index in [-0.39, 0.29) is 6.04 Å². The first kappa shape index (κ1) is 15.0. The lowest BCUT2D eigenvalue weighted by atomic mass is 10.0. The lowest BCUT2D eigenvalue weighted by Crippen LogP contribution is -2.25.